The van der Waals surface area contributed by atoms with E-state index < -0.39 is 17.3 Å². The lowest BCUT2D eigenvalue weighted by molar-refractivity contribution is 0.0213. The number of hydrogen-bond donors (Lipinski definition) is 2. The van der Waals surface area contributed by atoms with Crippen LogP contribution in [0.25, 0.3) is 0 Å². The Kier molecular flexibility index (Phi) is 3.94. The third-order valence-corrected chi connectivity index (χ3v) is 1.79. The normalized spacial score (nSPS) is 14.8. The highest BCUT2D eigenvalue weighted by atomic mass is 16.6. The predicted octanol–water partition coefficient (Wildman–Crippen LogP) is 1.67. The number of amides is 1. The fourth-order valence-electron chi connectivity index (χ4n) is 0.661. The summed E-state index contributed by atoms with van der Waals surface area (Å²) >= 11 is 0. The molecule has 0 fully saturated rings. The molecule has 0 unspecified atom stereocenters. The highest BCUT2D eigenvalue weighted by Gasteiger charge is 2.26. The van der Waals surface area contributed by atoms with Gasteiger partial charge in [-0.15, -0.1) is 0 Å². The summed E-state index contributed by atoms with van der Waals surface area (Å²) in [6, 6.07) is -0.350. The molecule has 0 radical (unpaired) electrons. The van der Waals surface area contributed by atoms with E-state index >= 15 is 0 Å². The van der Waals surface area contributed by atoms with Gasteiger partial charge in [-0.1, -0.05) is 0 Å². The first-order chi connectivity index (χ1) is 6.02. The van der Waals surface area contributed by atoms with Crippen LogP contribution in [-0.2, 0) is 4.74 Å². The van der Waals surface area contributed by atoms with Crippen molar-refractivity contribution >= 4 is 6.09 Å². The highest BCUT2D eigenvalue weighted by Crippen LogP contribution is 2.10. The molecule has 0 aromatic heterocycles. The lowest BCUT2D eigenvalue weighted by atomic mass is 10.0. The van der Waals surface area contributed by atoms with Crippen LogP contribution in [0.3, 0.4) is 0 Å². The Labute approximate surface area is 85.6 Å². The second-order valence-electron chi connectivity index (χ2n) is 5.02. The molecule has 0 aromatic rings. The van der Waals surface area contributed by atoms with Gasteiger partial charge in [0.1, 0.15) is 5.60 Å². The molecule has 14 heavy (non-hydrogen) atoms. The summed E-state index contributed by atoms with van der Waals surface area (Å²) < 4.78 is 5.04. The Morgan fingerprint density at radius 2 is 1.71 bits per heavy atom. The van der Waals surface area contributed by atoms with E-state index in [2.05, 4.69) is 5.32 Å². The molecule has 0 aliphatic heterocycles. The maximum atomic E-state index is 11.3. The van der Waals surface area contributed by atoms with Gasteiger partial charge in [0.2, 0.25) is 0 Å². The molecule has 1 amide bonds. The zero-order valence-electron chi connectivity index (χ0n) is 9.84. The number of rotatable bonds is 2. The molecule has 0 heterocycles. The van der Waals surface area contributed by atoms with Crippen LogP contribution in [0.1, 0.15) is 41.5 Å². The Morgan fingerprint density at radius 3 is 2.00 bits per heavy atom. The molecule has 0 aliphatic carbocycles. The van der Waals surface area contributed by atoms with Crippen molar-refractivity contribution in [2.45, 2.75) is 58.8 Å². The van der Waals surface area contributed by atoms with Gasteiger partial charge in [0.25, 0.3) is 0 Å². The lowest BCUT2D eigenvalue weighted by Crippen LogP contribution is -2.48. The van der Waals surface area contributed by atoms with E-state index in [4.69, 9.17) is 4.74 Å². The SMILES string of the molecule is C[C@@H](NC(=O)OC(C)(C)C)C(C)(C)O. The van der Waals surface area contributed by atoms with Gasteiger partial charge in [-0.25, -0.2) is 4.79 Å². The van der Waals surface area contributed by atoms with Crippen LogP contribution in [0, 0.1) is 0 Å². The van der Waals surface area contributed by atoms with Crippen molar-refractivity contribution in [3.05, 3.63) is 0 Å². The summed E-state index contributed by atoms with van der Waals surface area (Å²) in [7, 11) is 0. The van der Waals surface area contributed by atoms with E-state index in [1.807, 2.05) is 0 Å². The minimum atomic E-state index is -0.948. The molecule has 0 saturated heterocycles. The van der Waals surface area contributed by atoms with Crippen molar-refractivity contribution in [3.63, 3.8) is 0 Å². The van der Waals surface area contributed by atoms with E-state index in [1.165, 1.54) is 0 Å². The fraction of sp³-hybridized carbons (Fsp3) is 0.900. The van der Waals surface area contributed by atoms with Gasteiger partial charge in [0.05, 0.1) is 11.6 Å². The van der Waals surface area contributed by atoms with Crippen LogP contribution in [0.15, 0.2) is 0 Å². The summed E-state index contributed by atoms with van der Waals surface area (Å²) in [4.78, 5) is 11.3. The molecule has 2 N–H and O–H groups in total. The molecule has 0 bridgehead atoms. The van der Waals surface area contributed by atoms with Gasteiger partial charge in [0.15, 0.2) is 0 Å². The van der Waals surface area contributed by atoms with E-state index in [0.717, 1.165) is 0 Å². The maximum Gasteiger partial charge on any atom is 0.407 e. The number of carbonyl (C=O) groups excluding carboxylic acids is 1. The lowest BCUT2D eigenvalue weighted by Gasteiger charge is -2.28. The maximum absolute atomic E-state index is 11.3. The highest BCUT2D eigenvalue weighted by molar-refractivity contribution is 5.68. The van der Waals surface area contributed by atoms with Crippen LogP contribution in [-0.4, -0.2) is 28.4 Å². The summed E-state index contributed by atoms with van der Waals surface area (Å²) in [6.45, 7) is 10.4. The van der Waals surface area contributed by atoms with Gasteiger partial charge >= 0.3 is 6.09 Å². The molecule has 0 spiro atoms. The fourth-order valence-corrected chi connectivity index (χ4v) is 0.661. The first-order valence-corrected chi connectivity index (χ1v) is 4.74. The van der Waals surface area contributed by atoms with Crippen LogP contribution < -0.4 is 5.32 Å². The van der Waals surface area contributed by atoms with Gasteiger partial charge in [-0.2, -0.15) is 0 Å². The largest absolute Gasteiger partial charge is 0.444 e. The minimum Gasteiger partial charge on any atom is -0.444 e. The number of hydrogen-bond acceptors (Lipinski definition) is 3. The molecule has 0 aliphatic rings. The third kappa shape index (κ3) is 5.80. The van der Waals surface area contributed by atoms with Crippen LogP contribution in [0.4, 0.5) is 4.79 Å². The van der Waals surface area contributed by atoms with Gasteiger partial charge in [0, 0.05) is 0 Å². The van der Waals surface area contributed by atoms with Crippen LogP contribution >= 0.6 is 0 Å². The van der Waals surface area contributed by atoms with Gasteiger partial charge < -0.3 is 15.2 Å². The molecular weight excluding hydrogens is 182 g/mol. The number of alkyl carbamates (subject to hydrolysis) is 1. The Bertz CT molecular complexity index is 200. The molecule has 0 rings (SSSR count). The van der Waals surface area contributed by atoms with Gasteiger partial charge in [-0.05, 0) is 41.5 Å². The Balaban J connectivity index is 4.09. The van der Waals surface area contributed by atoms with E-state index in [-0.39, 0.29) is 6.04 Å². The van der Waals surface area contributed by atoms with Crippen LogP contribution in [0.2, 0.25) is 0 Å². The van der Waals surface area contributed by atoms with Crippen molar-refractivity contribution in [2.24, 2.45) is 0 Å². The van der Waals surface area contributed by atoms with E-state index in [9.17, 15) is 9.90 Å². The average molecular weight is 203 g/mol. The molecule has 0 aromatic carbocycles. The van der Waals surface area contributed by atoms with E-state index in [0.29, 0.717) is 0 Å². The molecule has 4 heteroatoms. The molecule has 84 valence electrons. The standard InChI is InChI=1S/C10H21NO3/c1-7(10(5,6)13)11-8(12)14-9(2,3)4/h7,13H,1-6H3,(H,11,12)/t7-/m1/s1. The molecular formula is C10H21NO3. The predicted molar refractivity (Wildman–Crippen MR) is 55.1 cm³/mol. The second-order valence-corrected chi connectivity index (χ2v) is 5.02. The Hall–Kier alpha value is -0.770. The number of aliphatic hydroxyl groups is 1. The number of carbonyl (C=O) groups is 1. The minimum absolute atomic E-state index is 0.350. The first kappa shape index (κ1) is 13.2. The first-order valence-electron chi connectivity index (χ1n) is 4.74. The summed E-state index contributed by atoms with van der Waals surface area (Å²) in [6.07, 6.45) is -0.507. The number of ether oxygens (including phenoxy) is 1. The zero-order chi connectivity index (χ0) is 11.6. The zero-order valence-corrected chi connectivity index (χ0v) is 9.84. The van der Waals surface area contributed by atoms with Crippen molar-refractivity contribution in [3.8, 4) is 0 Å². The molecule has 0 saturated carbocycles. The monoisotopic (exact) mass is 203 g/mol. The van der Waals surface area contributed by atoms with Crippen molar-refractivity contribution in [2.75, 3.05) is 0 Å². The smallest absolute Gasteiger partial charge is 0.407 e. The quantitative estimate of drug-likeness (QED) is 0.717. The number of nitrogens with one attached hydrogen (secondary N) is 1. The molecule has 1 atom stereocenters. The average Bonchev–Trinajstić information content (AvgIpc) is 1.79. The van der Waals surface area contributed by atoms with Crippen LogP contribution in [0.5, 0.6) is 0 Å². The topological polar surface area (TPSA) is 58.6 Å². The Morgan fingerprint density at radius 1 is 1.29 bits per heavy atom. The summed E-state index contributed by atoms with van der Waals surface area (Å²) in [5, 5.41) is 12.1. The summed E-state index contributed by atoms with van der Waals surface area (Å²) in [5.74, 6) is 0. The second kappa shape index (κ2) is 4.17. The van der Waals surface area contributed by atoms with Crippen molar-refractivity contribution in [1.82, 2.24) is 5.32 Å². The third-order valence-electron chi connectivity index (χ3n) is 1.79. The molecule has 4 nitrogen and oxygen atoms in total. The van der Waals surface area contributed by atoms with E-state index in [1.54, 1.807) is 41.5 Å². The summed E-state index contributed by atoms with van der Waals surface area (Å²) in [5.41, 5.74) is -1.46. The van der Waals surface area contributed by atoms with Crippen molar-refractivity contribution < 1.29 is 14.6 Å². The van der Waals surface area contributed by atoms with Gasteiger partial charge in [-0.3, -0.25) is 0 Å². The van der Waals surface area contributed by atoms with Crippen molar-refractivity contribution in [1.29, 1.82) is 0 Å².